The molecule has 0 N–H and O–H groups in total. The fraction of sp³-hybridized carbons (Fsp3) is 0.654. The van der Waals surface area contributed by atoms with Crippen molar-refractivity contribution in [1.29, 1.82) is 0 Å². The van der Waals surface area contributed by atoms with Crippen LogP contribution in [0.1, 0.15) is 58.6 Å². The number of carbonyl (C=O) groups excluding carboxylic acids is 3. The zero-order valence-corrected chi connectivity index (χ0v) is 19.7. The zero-order chi connectivity index (χ0) is 23.9. The highest BCUT2D eigenvalue weighted by molar-refractivity contribution is 5.93. The van der Waals surface area contributed by atoms with Crippen molar-refractivity contribution in [3.63, 3.8) is 0 Å². The number of furan rings is 1. The lowest BCUT2D eigenvalue weighted by Crippen LogP contribution is -2.71. The van der Waals surface area contributed by atoms with E-state index in [0.717, 1.165) is 5.56 Å². The van der Waals surface area contributed by atoms with Crippen molar-refractivity contribution >= 4 is 17.7 Å². The van der Waals surface area contributed by atoms with Crippen LogP contribution in [0.25, 0.3) is 0 Å². The van der Waals surface area contributed by atoms with Gasteiger partial charge < -0.3 is 23.4 Å². The summed E-state index contributed by atoms with van der Waals surface area (Å²) < 4.78 is 29.6. The Morgan fingerprint density at radius 1 is 0.971 bits per heavy atom. The minimum atomic E-state index is -1.01. The first-order valence-corrected chi connectivity index (χ1v) is 12.0. The van der Waals surface area contributed by atoms with Gasteiger partial charge in [0.1, 0.15) is 17.5 Å². The molecule has 5 fully saturated rings. The monoisotopic (exact) mass is 468 g/mol. The van der Waals surface area contributed by atoms with Gasteiger partial charge in [-0.3, -0.25) is 4.79 Å². The highest BCUT2D eigenvalue weighted by Gasteiger charge is 2.89. The molecule has 3 saturated heterocycles. The number of cyclic esters (lactones) is 1. The number of fused-ring (bicyclic) bond motifs is 1. The van der Waals surface area contributed by atoms with E-state index in [4.69, 9.17) is 23.4 Å². The Bertz CT molecular complexity index is 1170. The van der Waals surface area contributed by atoms with Crippen LogP contribution in [-0.4, -0.2) is 41.3 Å². The van der Waals surface area contributed by atoms with Crippen LogP contribution in [0.3, 0.4) is 0 Å². The van der Waals surface area contributed by atoms with Gasteiger partial charge in [0.25, 0.3) is 0 Å². The SMILES string of the molecule is CC1(C)OC2OC(=O)C=C[C@]23C1CC(=O)[C@]1(C)C3CC[C@@]2(C)C(c3ccoc3)OC(=O)C3O[C@]321. The summed E-state index contributed by atoms with van der Waals surface area (Å²) in [6.45, 7) is 7.95. The smallest absolute Gasteiger partial charge is 0.339 e. The van der Waals surface area contributed by atoms with E-state index < -0.39 is 57.9 Å². The van der Waals surface area contributed by atoms with Gasteiger partial charge in [-0.1, -0.05) is 13.0 Å². The summed E-state index contributed by atoms with van der Waals surface area (Å²) in [5.41, 5.74) is -3.18. The standard InChI is InChI=1S/C26H28O8/c1-22(2)15-11-16(27)24(4)14(25(15)9-6-17(28)31-21(25)34-22)5-8-23(3)18(13-7-10-30-12-13)32-20(29)19-26(23,24)33-19/h6-7,9-10,12,14-15,18-19,21H,5,8,11H2,1-4H3/t14?,15?,18?,19?,21?,23-,24-,25-,26+/m0/s1. The van der Waals surface area contributed by atoms with Crippen molar-refractivity contribution < 1.29 is 37.7 Å². The van der Waals surface area contributed by atoms with Crippen molar-refractivity contribution in [2.45, 2.75) is 76.7 Å². The molecule has 34 heavy (non-hydrogen) atoms. The number of Topliss-reactive ketones (excluding diaryl/α,β-unsaturated/α-hetero) is 1. The van der Waals surface area contributed by atoms with Crippen LogP contribution in [0.4, 0.5) is 0 Å². The molecule has 8 heteroatoms. The van der Waals surface area contributed by atoms with Crippen LogP contribution < -0.4 is 0 Å². The van der Waals surface area contributed by atoms with E-state index in [1.807, 2.05) is 26.8 Å². The predicted molar refractivity (Wildman–Crippen MR) is 114 cm³/mol. The number of hydrogen-bond donors (Lipinski definition) is 0. The van der Waals surface area contributed by atoms with E-state index in [9.17, 15) is 14.4 Å². The van der Waals surface area contributed by atoms with Gasteiger partial charge in [0.2, 0.25) is 6.29 Å². The average molecular weight is 469 g/mol. The van der Waals surface area contributed by atoms with E-state index in [-0.39, 0.29) is 24.0 Å². The van der Waals surface area contributed by atoms with Crippen molar-refractivity contribution in [1.82, 2.24) is 0 Å². The number of carbonyl (C=O) groups is 3. The first-order chi connectivity index (χ1) is 16.0. The molecule has 0 amide bonds. The lowest BCUT2D eigenvalue weighted by molar-refractivity contribution is -0.229. The molecule has 2 saturated carbocycles. The van der Waals surface area contributed by atoms with Crippen LogP contribution in [0, 0.1) is 28.1 Å². The molecule has 1 aromatic rings. The lowest BCUT2D eigenvalue weighted by atomic mass is 9.37. The van der Waals surface area contributed by atoms with Crippen molar-refractivity contribution in [3.8, 4) is 0 Å². The second-order valence-corrected chi connectivity index (χ2v) is 11.8. The van der Waals surface area contributed by atoms with Crippen molar-refractivity contribution in [2.24, 2.45) is 28.1 Å². The number of epoxide rings is 1. The Labute approximate surface area is 196 Å². The van der Waals surface area contributed by atoms with E-state index in [0.29, 0.717) is 12.8 Å². The van der Waals surface area contributed by atoms with Gasteiger partial charge >= 0.3 is 11.9 Å². The van der Waals surface area contributed by atoms with E-state index in [2.05, 4.69) is 6.92 Å². The summed E-state index contributed by atoms with van der Waals surface area (Å²) in [7, 11) is 0. The molecule has 0 bridgehead atoms. The maximum absolute atomic E-state index is 14.2. The van der Waals surface area contributed by atoms with Gasteiger partial charge in [-0.2, -0.15) is 0 Å². The van der Waals surface area contributed by atoms with Gasteiger partial charge in [0.05, 0.1) is 29.0 Å². The zero-order valence-electron chi connectivity index (χ0n) is 19.7. The van der Waals surface area contributed by atoms with Crippen LogP contribution >= 0.6 is 0 Å². The number of ether oxygens (including phenoxy) is 4. The first-order valence-electron chi connectivity index (χ1n) is 12.0. The normalized spacial score (nSPS) is 51.9. The first kappa shape index (κ1) is 20.9. The third kappa shape index (κ3) is 1.97. The summed E-state index contributed by atoms with van der Waals surface area (Å²) in [6, 6.07) is 1.80. The molecular weight excluding hydrogens is 440 g/mol. The topological polar surface area (TPSA) is 105 Å². The third-order valence-electron chi connectivity index (χ3n) is 10.3. The fourth-order valence-corrected chi connectivity index (χ4v) is 8.86. The molecule has 8 nitrogen and oxygen atoms in total. The third-order valence-corrected chi connectivity index (χ3v) is 10.3. The lowest BCUT2D eigenvalue weighted by Gasteiger charge is -2.64. The molecule has 9 atom stereocenters. The molecule has 0 aromatic carbocycles. The van der Waals surface area contributed by atoms with Gasteiger partial charge in [-0.25, -0.2) is 9.59 Å². The molecule has 1 aromatic heterocycles. The molecule has 5 unspecified atom stereocenters. The largest absolute Gasteiger partial charge is 0.472 e. The average Bonchev–Trinajstić information content (AvgIpc) is 3.26. The van der Waals surface area contributed by atoms with Crippen LogP contribution in [0.2, 0.25) is 0 Å². The Morgan fingerprint density at radius 2 is 1.76 bits per heavy atom. The number of esters is 2. The second kappa shape index (κ2) is 5.85. The van der Waals surface area contributed by atoms with Gasteiger partial charge in [-0.05, 0) is 45.6 Å². The summed E-state index contributed by atoms with van der Waals surface area (Å²) >= 11 is 0. The Hall–Kier alpha value is -2.45. The summed E-state index contributed by atoms with van der Waals surface area (Å²) in [6.07, 6.45) is 6.02. The maximum Gasteiger partial charge on any atom is 0.339 e. The van der Waals surface area contributed by atoms with Crippen LogP contribution in [0.5, 0.6) is 0 Å². The Morgan fingerprint density at radius 3 is 2.50 bits per heavy atom. The number of ketones is 1. The van der Waals surface area contributed by atoms with Crippen LogP contribution in [0.15, 0.2) is 35.2 Å². The highest BCUT2D eigenvalue weighted by Crippen LogP contribution is 2.79. The summed E-state index contributed by atoms with van der Waals surface area (Å²) in [5.74, 6) is -1.19. The van der Waals surface area contributed by atoms with Gasteiger partial charge in [0, 0.05) is 29.4 Å². The van der Waals surface area contributed by atoms with Gasteiger partial charge in [-0.15, -0.1) is 0 Å². The summed E-state index contributed by atoms with van der Waals surface area (Å²) in [5, 5.41) is 0. The minimum Gasteiger partial charge on any atom is -0.472 e. The Kier molecular flexibility index (Phi) is 3.59. The highest BCUT2D eigenvalue weighted by atomic mass is 16.7. The van der Waals surface area contributed by atoms with E-state index in [1.165, 1.54) is 6.08 Å². The molecule has 5 heterocycles. The van der Waals surface area contributed by atoms with Crippen molar-refractivity contribution in [3.05, 3.63) is 36.3 Å². The second-order valence-electron chi connectivity index (χ2n) is 11.8. The predicted octanol–water partition coefficient (Wildman–Crippen LogP) is 3.26. The fourth-order valence-electron chi connectivity index (χ4n) is 8.86. The molecule has 6 aliphatic rings. The van der Waals surface area contributed by atoms with Crippen molar-refractivity contribution in [2.75, 3.05) is 0 Å². The summed E-state index contributed by atoms with van der Waals surface area (Å²) in [4.78, 5) is 39.5. The Balaban J connectivity index is 1.43. The van der Waals surface area contributed by atoms with E-state index >= 15 is 0 Å². The molecule has 2 aliphatic carbocycles. The number of rotatable bonds is 1. The maximum atomic E-state index is 14.2. The van der Waals surface area contributed by atoms with Gasteiger partial charge in [0.15, 0.2) is 6.10 Å². The molecular formula is C26H28O8. The molecule has 7 rings (SSSR count). The van der Waals surface area contributed by atoms with Crippen LogP contribution in [-0.2, 0) is 33.3 Å². The minimum absolute atomic E-state index is 0.0739. The molecule has 4 aliphatic heterocycles. The molecule has 180 valence electrons. The quantitative estimate of drug-likeness (QED) is 0.457. The number of hydrogen-bond acceptors (Lipinski definition) is 8. The molecule has 2 spiro atoms. The van der Waals surface area contributed by atoms with E-state index in [1.54, 1.807) is 18.6 Å². The molecule has 0 radical (unpaired) electrons.